The summed E-state index contributed by atoms with van der Waals surface area (Å²) in [6, 6.07) is 8.62. The Morgan fingerprint density at radius 1 is 1.21 bits per heavy atom. The fourth-order valence-electron chi connectivity index (χ4n) is 5.47. The number of nitrogens with zero attached hydrogens (tertiary/aromatic N) is 5. The van der Waals surface area contributed by atoms with Crippen molar-refractivity contribution in [2.75, 3.05) is 24.6 Å². The first-order chi connectivity index (χ1) is 19.9. The zero-order valence-electron chi connectivity index (χ0n) is 24.3. The van der Waals surface area contributed by atoms with Gasteiger partial charge in [0, 0.05) is 24.3 Å². The standard InChI is InChI=1S/C29H39FN8O3S/c1-28(2)18-20(6-5-15-31)19-37(28)26-21(27(39)36-42(32,40)25-8-4-7-22(30)33-25)9-10-23(34-26)38-16-11-24(35-38)41-17-14-29(3)12-13-29/h4,7-11,16,20H,5-6,12-15,17-19,31H2,1-3H3,(H2,32,36,39,40). The van der Waals surface area contributed by atoms with Crippen molar-refractivity contribution in [3.63, 3.8) is 0 Å². The van der Waals surface area contributed by atoms with Gasteiger partial charge in [0.05, 0.1) is 12.2 Å². The van der Waals surface area contributed by atoms with Crippen molar-refractivity contribution in [2.45, 2.75) is 69.9 Å². The van der Waals surface area contributed by atoms with Gasteiger partial charge in [0.15, 0.2) is 20.8 Å². The summed E-state index contributed by atoms with van der Waals surface area (Å²) in [6.07, 6.45) is 7.91. The van der Waals surface area contributed by atoms with E-state index in [0.717, 1.165) is 31.7 Å². The molecule has 226 valence electrons. The Morgan fingerprint density at radius 3 is 2.71 bits per heavy atom. The van der Waals surface area contributed by atoms with Crippen LogP contribution in [0.25, 0.3) is 5.82 Å². The summed E-state index contributed by atoms with van der Waals surface area (Å²) in [4.78, 5) is 24.1. The van der Waals surface area contributed by atoms with E-state index in [1.54, 1.807) is 29.1 Å². The maximum atomic E-state index is 13.7. The molecule has 0 aromatic carbocycles. The first-order valence-corrected chi connectivity index (χ1v) is 15.9. The molecule has 2 aliphatic rings. The highest BCUT2D eigenvalue weighted by Crippen LogP contribution is 2.48. The Bertz CT molecular complexity index is 1550. The number of hydrogen-bond acceptors (Lipinski definition) is 9. The molecule has 3 aromatic rings. The second kappa shape index (κ2) is 11.6. The van der Waals surface area contributed by atoms with Gasteiger partial charge >= 0.3 is 0 Å². The largest absolute Gasteiger partial charge is 0.477 e. The molecule has 1 aliphatic carbocycles. The van der Waals surface area contributed by atoms with Crippen molar-refractivity contribution in [1.29, 1.82) is 4.78 Å². The second-order valence-electron chi connectivity index (χ2n) is 12.3. The monoisotopic (exact) mass is 598 g/mol. The number of carbonyl (C=O) groups excluding carboxylic acids is 1. The number of aromatic nitrogens is 4. The number of nitrogens with one attached hydrogen (secondary N) is 2. The fraction of sp³-hybridized carbons (Fsp3) is 0.517. The van der Waals surface area contributed by atoms with E-state index in [9.17, 15) is 13.4 Å². The summed E-state index contributed by atoms with van der Waals surface area (Å²) in [5, 5.41) is 4.17. The Kier molecular flexibility index (Phi) is 8.26. The number of carbonyl (C=O) groups is 1. The molecule has 11 nitrogen and oxygen atoms in total. The second-order valence-corrected chi connectivity index (χ2v) is 14.0. The summed E-state index contributed by atoms with van der Waals surface area (Å²) in [7, 11) is -3.94. The maximum absolute atomic E-state index is 13.7. The fourth-order valence-corrected chi connectivity index (χ4v) is 6.43. The number of amides is 1. The third-order valence-corrected chi connectivity index (χ3v) is 9.51. The molecule has 1 saturated carbocycles. The van der Waals surface area contributed by atoms with Gasteiger partial charge in [0.25, 0.3) is 5.91 Å². The molecule has 3 aromatic heterocycles. The highest BCUT2D eigenvalue weighted by molar-refractivity contribution is 7.91. The molecule has 2 fully saturated rings. The van der Waals surface area contributed by atoms with Crippen molar-refractivity contribution in [3.05, 3.63) is 54.1 Å². The minimum Gasteiger partial charge on any atom is -0.477 e. The molecular weight excluding hydrogens is 559 g/mol. The highest BCUT2D eigenvalue weighted by Gasteiger charge is 2.41. The zero-order chi connectivity index (χ0) is 30.1. The van der Waals surface area contributed by atoms with E-state index in [4.69, 9.17) is 20.2 Å². The Morgan fingerprint density at radius 2 is 2.00 bits per heavy atom. The van der Waals surface area contributed by atoms with E-state index >= 15 is 0 Å². The summed E-state index contributed by atoms with van der Waals surface area (Å²) in [6.45, 7) is 8.28. The van der Waals surface area contributed by atoms with Gasteiger partial charge in [-0.15, -0.1) is 5.10 Å². The van der Waals surface area contributed by atoms with Crippen LogP contribution >= 0.6 is 0 Å². The van der Waals surface area contributed by atoms with Crippen LogP contribution in [0.5, 0.6) is 5.88 Å². The average Bonchev–Trinajstić information content (AvgIpc) is 3.34. The lowest BCUT2D eigenvalue weighted by Crippen LogP contribution is -2.41. The molecule has 2 unspecified atom stereocenters. The first-order valence-electron chi connectivity index (χ1n) is 14.3. The summed E-state index contributed by atoms with van der Waals surface area (Å²) >= 11 is 0. The summed E-state index contributed by atoms with van der Waals surface area (Å²) in [5.41, 5.74) is 5.95. The topological polar surface area (TPSA) is 152 Å². The number of pyridine rings is 2. The quantitative estimate of drug-likeness (QED) is 0.258. The SMILES string of the molecule is CC1(CCOc2ccn(-c3ccc(C(=O)NS(=N)(=O)c4cccc(F)n4)c(N4CC(CCCN)CC4(C)C)n3)n2)CC1. The first kappa shape index (κ1) is 29.9. The van der Waals surface area contributed by atoms with Crippen LogP contribution in [0.15, 0.2) is 47.6 Å². The zero-order valence-corrected chi connectivity index (χ0v) is 25.1. The predicted molar refractivity (Wildman–Crippen MR) is 157 cm³/mol. The molecule has 0 bridgehead atoms. The van der Waals surface area contributed by atoms with Gasteiger partial charge in [-0.3, -0.25) is 9.52 Å². The lowest BCUT2D eigenvalue weighted by Gasteiger charge is -2.34. The number of halogens is 1. The Hall–Kier alpha value is -3.58. The van der Waals surface area contributed by atoms with Crippen molar-refractivity contribution < 1.29 is 18.1 Å². The Labute approximate surface area is 246 Å². The van der Waals surface area contributed by atoms with Gasteiger partial charge < -0.3 is 15.4 Å². The maximum Gasteiger partial charge on any atom is 0.267 e. The van der Waals surface area contributed by atoms with E-state index < -0.39 is 21.8 Å². The van der Waals surface area contributed by atoms with Crippen molar-refractivity contribution >= 4 is 21.6 Å². The van der Waals surface area contributed by atoms with Crippen LogP contribution in [0.4, 0.5) is 10.2 Å². The van der Waals surface area contributed by atoms with Crippen LogP contribution in [0, 0.1) is 22.1 Å². The van der Waals surface area contributed by atoms with Gasteiger partial charge in [-0.2, -0.15) is 4.39 Å². The number of ether oxygens (including phenoxy) is 1. The van der Waals surface area contributed by atoms with Crippen LogP contribution in [0.2, 0.25) is 0 Å². The smallest absolute Gasteiger partial charge is 0.267 e. The van der Waals surface area contributed by atoms with Crippen LogP contribution in [-0.4, -0.2) is 55.1 Å². The average molecular weight is 599 g/mol. The van der Waals surface area contributed by atoms with Crippen molar-refractivity contribution in [3.8, 4) is 11.7 Å². The number of nitrogens with two attached hydrogens (primary N) is 1. The lowest BCUT2D eigenvalue weighted by atomic mass is 9.93. The molecule has 1 aliphatic heterocycles. The number of rotatable bonds is 12. The van der Waals surface area contributed by atoms with Crippen molar-refractivity contribution in [1.82, 2.24) is 24.5 Å². The van der Waals surface area contributed by atoms with E-state index in [2.05, 4.69) is 40.5 Å². The molecule has 1 saturated heterocycles. The van der Waals surface area contributed by atoms with E-state index in [-0.39, 0.29) is 16.1 Å². The van der Waals surface area contributed by atoms with Crippen molar-refractivity contribution in [2.24, 2.45) is 17.1 Å². The van der Waals surface area contributed by atoms with Gasteiger partial charge in [-0.05, 0) is 94.5 Å². The molecule has 42 heavy (non-hydrogen) atoms. The van der Waals surface area contributed by atoms with Gasteiger partial charge in [0.1, 0.15) is 5.82 Å². The van der Waals surface area contributed by atoms with Gasteiger partial charge in [-0.1, -0.05) is 13.0 Å². The normalized spacial score (nSPS) is 20.2. The van der Waals surface area contributed by atoms with Crippen LogP contribution in [-0.2, 0) is 9.92 Å². The minimum atomic E-state index is -3.94. The van der Waals surface area contributed by atoms with E-state index in [1.165, 1.54) is 25.0 Å². The minimum absolute atomic E-state index is 0.143. The lowest BCUT2D eigenvalue weighted by molar-refractivity contribution is 0.0982. The third-order valence-electron chi connectivity index (χ3n) is 8.22. The predicted octanol–water partition coefficient (Wildman–Crippen LogP) is 4.46. The van der Waals surface area contributed by atoms with Gasteiger partial charge in [0.2, 0.25) is 11.8 Å². The molecule has 13 heteroatoms. The van der Waals surface area contributed by atoms with Crippen LogP contribution in [0.3, 0.4) is 0 Å². The highest BCUT2D eigenvalue weighted by atomic mass is 32.2. The van der Waals surface area contributed by atoms with Crippen LogP contribution < -0.4 is 20.1 Å². The molecule has 5 rings (SSSR count). The summed E-state index contributed by atoms with van der Waals surface area (Å²) < 4.78 is 44.8. The molecular formula is C29H39FN8O3S. The van der Waals surface area contributed by atoms with E-state index in [0.29, 0.717) is 48.5 Å². The van der Waals surface area contributed by atoms with Gasteiger partial charge in [-0.25, -0.2) is 23.6 Å². The molecule has 4 heterocycles. The molecule has 0 spiro atoms. The molecule has 0 radical (unpaired) electrons. The molecule has 1 amide bonds. The Balaban J connectivity index is 1.45. The summed E-state index contributed by atoms with van der Waals surface area (Å²) in [5.74, 6) is 0.0380. The number of anilines is 1. The van der Waals surface area contributed by atoms with E-state index in [1.807, 2.05) is 0 Å². The molecule has 4 N–H and O–H groups in total. The third kappa shape index (κ3) is 6.73. The number of hydrogen-bond donors (Lipinski definition) is 3. The van der Waals surface area contributed by atoms with Crippen LogP contribution in [0.1, 0.15) is 69.7 Å². The molecule has 2 atom stereocenters.